The summed E-state index contributed by atoms with van der Waals surface area (Å²) < 4.78 is 37.8. The van der Waals surface area contributed by atoms with Gasteiger partial charge in [-0.3, -0.25) is 0 Å². The van der Waals surface area contributed by atoms with Gasteiger partial charge in [-0.05, 0) is 35.7 Å². The third kappa shape index (κ3) is 3.65. The van der Waals surface area contributed by atoms with Crippen LogP contribution in [0.4, 0.5) is 0 Å². The molecular weight excluding hydrogens is 398 g/mol. The van der Waals surface area contributed by atoms with Crippen LogP contribution in [0.1, 0.15) is 10.4 Å². The second-order valence-corrected chi connectivity index (χ2v) is 8.59. The fourth-order valence-electron chi connectivity index (χ4n) is 2.44. The molecule has 0 fully saturated rings. The number of hydrogen-bond acceptors (Lipinski definition) is 6. The Kier molecular flexibility index (Phi) is 5.40. The highest BCUT2D eigenvalue weighted by Crippen LogP contribution is 2.33. The Labute approximate surface area is 160 Å². The summed E-state index contributed by atoms with van der Waals surface area (Å²) in [4.78, 5) is 0.568. The van der Waals surface area contributed by atoms with Gasteiger partial charge in [0, 0.05) is 17.0 Å². The third-order valence-corrected chi connectivity index (χ3v) is 6.59. The number of furan rings is 1. The minimum atomic E-state index is -3.90. The van der Waals surface area contributed by atoms with Crippen molar-refractivity contribution in [3.05, 3.63) is 69.8 Å². The minimum absolute atomic E-state index is 0.0241. The maximum atomic E-state index is 12.6. The van der Waals surface area contributed by atoms with E-state index in [4.69, 9.17) is 20.8 Å². The predicted molar refractivity (Wildman–Crippen MR) is 99.2 cm³/mol. The minimum Gasteiger partial charge on any atom is -0.495 e. The van der Waals surface area contributed by atoms with Gasteiger partial charge >= 0.3 is 0 Å². The molecule has 0 aliphatic heterocycles. The summed E-state index contributed by atoms with van der Waals surface area (Å²) in [6.07, 6.45) is 2.81. The van der Waals surface area contributed by atoms with Crippen molar-refractivity contribution in [2.75, 3.05) is 13.7 Å². The highest BCUT2D eigenvalue weighted by molar-refractivity contribution is 7.89. The zero-order chi connectivity index (χ0) is 18.8. The normalized spacial score (nSPS) is 14.1. The number of methoxy groups -OCH3 is 1. The number of thiophene rings is 1. The second-order valence-electron chi connectivity index (χ2n) is 5.47. The van der Waals surface area contributed by atoms with Crippen LogP contribution in [-0.4, -0.2) is 27.2 Å². The van der Waals surface area contributed by atoms with Gasteiger partial charge in [0.05, 0.1) is 29.6 Å². The SMILES string of the molecule is COc1ccc(S(=O)(=O)NCC(O)(c2ccoc2)c2cccs2)cc1Cl. The molecule has 0 amide bonds. The highest BCUT2D eigenvalue weighted by Gasteiger charge is 2.35. The summed E-state index contributed by atoms with van der Waals surface area (Å²) in [6.45, 7) is -0.265. The third-order valence-electron chi connectivity index (χ3n) is 3.88. The molecule has 3 aromatic rings. The van der Waals surface area contributed by atoms with E-state index >= 15 is 0 Å². The summed E-state index contributed by atoms with van der Waals surface area (Å²) in [6, 6.07) is 9.26. The van der Waals surface area contributed by atoms with E-state index in [0.717, 1.165) is 0 Å². The van der Waals surface area contributed by atoms with Crippen LogP contribution in [0.15, 0.2) is 63.6 Å². The van der Waals surface area contributed by atoms with Crippen LogP contribution in [0.25, 0.3) is 0 Å². The van der Waals surface area contributed by atoms with Crippen LogP contribution < -0.4 is 9.46 Å². The van der Waals surface area contributed by atoms with E-state index in [2.05, 4.69) is 4.72 Å². The lowest BCUT2D eigenvalue weighted by molar-refractivity contribution is 0.0892. The number of ether oxygens (including phenoxy) is 1. The quantitative estimate of drug-likeness (QED) is 0.620. The van der Waals surface area contributed by atoms with Crippen molar-refractivity contribution >= 4 is 33.0 Å². The van der Waals surface area contributed by atoms with Crippen LogP contribution in [0, 0.1) is 0 Å². The van der Waals surface area contributed by atoms with Crippen molar-refractivity contribution in [2.24, 2.45) is 0 Å². The van der Waals surface area contributed by atoms with Gasteiger partial charge in [0.25, 0.3) is 0 Å². The van der Waals surface area contributed by atoms with Crippen LogP contribution in [0.5, 0.6) is 5.75 Å². The van der Waals surface area contributed by atoms with Crippen LogP contribution >= 0.6 is 22.9 Å². The van der Waals surface area contributed by atoms with Gasteiger partial charge in [0.2, 0.25) is 10.0 Å². The lowest BCUT2D eigenvalue weighted by atomic mass is 9.95. The highest BCUT2D eigenvalue weighted by atomic mass is 35.5. The number of halogens is 1. The molecule has 0 radical (unpaired) electrons. The van der Waals surface area contributed by atoms with Crippen molar-refractivity contribution in [3.8, 4) is 5.75 Å². The van der Waals surface area contributed by atoms with E-state index in [1.165, 1.54) is 49.2 Å². The molecular formula is C17H16ClNO5S2. The Balaban J connectivity index is 1.88. The molecule has 0 spiro atoms. The number of hydrogen-bond donors (Lipinski definition) is 2. The van der Waals surface area contributed by atoms with E-state index in [0.29, 0.717) is 16.2 Å². The predicted octanol–water partition coefficient (Wildman–Crippen LogP) is 3.22. The molecule has 1 aromatic carbocycles. The molecule has 2 heterocycles. The van der Waals surface area contributed by atoms with E-state index in [9.17, 15) is 13.5 Å². The summed E-state index contributed by atoms with van der Waals surface area (Å²) >= 11 is 7.33. The number of rotatable bonds is 7. The first kappa shape index (κ1) is 18.9. The molecule has 0 saturated carbocycles. The molecule has 0 bridgehead atoms. The van der Waals surface area contributed by atoms with Crippen LogP contribution in [0.2, 0.25) is 5.02 Å². The first-order chi connectivity index (χ1) is 12.4. The summed E-state index contributed by atoms with van der Waals surface area (Å²) in [5.41, 5.74) is -1.10. The fraction of sp³-hybridized carbons (Fsp3) is 0.176. The van der Waals surface area contributed by atoms with E-state index in [1.54, 1.807) is 23.6 Å². The fourth-order valence-corrected chi connectivity index (χ4v) is 4.70. The average molecular weight is 414 g/mol. The molecule has 0 aliphatic carbocycles. The van der Waals surface area contributed by atoms with Gasteiger partial charge in [0.1, 0.15) is 11.4 Å². The van der Waals surface area contributed by atoms with Gasteiger partial charge in [0.15, 0.2) is 0 Å². The van der Waals surface area contributed by atoms with Crippen LogP contribution in [-0.2, 0) is 15.6 Å². The van der Waals surface area contributed by atoms with Gasteiger partial charge in [-0.1, -0.05) is 17.7 Å². The molecule has 3 rings (SSSR count). The maximum Gasteiger partial charge on any atom is 0.240 e. The number of aliphatic hydroxyl groups is 1. The Morgan fingerprint density at radius 3 is 2.73 bits per heavy atom. The largest absolute Gasteiger partial charge is 0.495 e. The Morgan fingerprint density at radius 2 is 2.15 bits per heavy atom. The second kappa shape index (κ2) is 7.42. The average Bonchev–Trinajstić information content (AvgIpc) is 3.33. The van der Waals surface area contributed by atoms with Crippen molar-refractivity contribution in [1.29, 1.82) is 0 Å². The van der Waals surface area contributed by atoms with E-state index < -0.39 is 15.6 Å². The van der Waals surface area contributed by atoms with Crippen molar-refractivity contribution < 1.29 is 22.7 Å². The first-order valence-electron chi connectivity index (χ1n) is 7.49. The molecule has 138 valence electrons. The molecule has 1 atom stereocenters. The number of sulfonamides is 1. The van der Waals surface area contributed by atoms with Crippen molar-refractivity contribution in [3.63, 3.8) is 0 Å². The first-order valence-corrected chi connectivity index (χ1v) is 10.2. The Hall–Kier alpha value is -1.84. The molecule has 6 nitrogen and oxygen atoms in total. The number of benzene rings is 1. The van der Waals surface area contributed by atoms with Gasteiger partial charge in [-0.15, -0.1) is 11.3 Å². The standard InChI is InChI=1S/C17H16ClNO5S2/c1-23-15-5-4-13(9-14(15)18)26(21,22)19-11-17(20,12-6-7-24-10-12)16-3-2-8-25-16/h2-10,19-20H,11H2,1H3. The number of nitrogens with one attached hydrogen (secondary N) is 1. The summed E-state index contributed by atoms with van der Waals surface area (Å²) in [5, 5.41) is 13.1. The molecule has 2 aromatic heterocycles. The van der Waals surface area contributed by atoms with Crippen molar-refractivity contribution in [2.45, 2.75) is 10.5 Å². The molecule has 2 N–H and O–H groups in total. The van der Waals surface area contributed by atoms with Gasteiger partial charge in [-0.2, -0.15) is 0 Å². The zero-order valence-electron chi connectivity index (χ0n) is 13.7. The topological polar surface area (TPSA) is 88.8 Å². The van der Waals surface area contributed by atoms with Crippen LogP contribution in [0.3, 0.4) is 0 Å². The molecule has 0 aliphatic rings. The maximum absolute atomic E-state index is 12.6. The Morgan fingerprint density at radius 1 is 1.35 bits per heavy atom. The molecule has 0 saturated heterocycles. The van der Waals surface area contributed by atoms with E-state index in [-0.39, 0.29) is 16.5 Å². The van der Waals surface area contributed by atoms with Gasteiger partial charge < -0.3 is 14.3 Å². The lowest BCUT2D eigenvalue weighted by Crippen LogP contribution is -2.40. The Bertz CT molecular complexity index is 935. The smallest absolute Gasteiger partial charge is 0.240 e. The molecule has 26 heavy (non-hydrogen) atoms. The summed E-state index contributed by atoms with van der Waals surface area (Å²) in [7, 11) is -2.45. The monoisotopic (exact) mass is 413 g/mol. The molecule has 9 heteroatoms. The van der Waals surface area contributed by atoms with Gasteiger partial charge in [-0.25, -0.2) is 13.1 Å². The van der Waals surface area contributed by atoms with Crippen molar-refractivity contribution in [1.82, 2.24) is 4.72 Å². The van der Waals surface area contributed by atoms with E-state index in [1.807, 2.05) is 0 Å². The zero-order valence-corrected chi connectivity index (χ0v) is 16.1. The summed E-state index contributed by atoms with van der Waals surface area (Å²) in [5.74, 6) is 0.374. The molecule has 1 unspecified atom stereocenters. The lowest BCUT2D eigenvalue weighted by Gasteiger charge is -2.26.